The lowest BCUT2D eigenvalue weighted by Gasteiger charge is -2.05. The average molecular weight is 350 g/mol. The van der Waals surface area contributed by atoms with Gasteiger partial charge in [0.1, 0.15) is 0 Å². The highest BCUT2D eigenvalue weighted by atomic mass is 32.2. The van der Waals surface area contributed by atoms with Crippen molar-refractivity contribution in [3.05, 3.63) is 76.9 Å². The van der Waals surface area contributed by atoms with E-state index in [1.165, 1.54) is 0 Å². The zero-order valence-electron chi connectivity index (χ0n) is 13.0. The van der Waals surface area contributed by atoms with Gasteiger partial charge in [-0.15, -0.1) is 23.1 Å². The van der Waals surface area contributed by atoms with E-state index in [0.717, 1.165) is 20.4 Å². The maximum Gasteiger partial charge on any atom is 0.195 e. The van der Waals surface area contributed by atoms with Crippen LogP contribution in [0.5, 0.6) is 0 Å². The van der Waals surface area contributed by atoms with Crippen molar-refractivity contribution in [2.24, 2.45) is 0 Å². The van der Waals surface area contributed by atoms with Crippen LogP contribution in [0.15, 0.2) is 58.8 Å². The summed E-state index contributed by atoms with van der Waals surface area (Å²) >= 11 is 3.20. The van der Waals surface area contributed by atoms with E-state index in [4.69, 9.17) is 0 Å². The Bertz CT molecular complexity index is 955. The van der Waals surface area contributed by atoms with Crippen molar-refractivity contribution in [1.82, 2.24) is 0 Å². The molecule has 1 heterocycles. The van der Waals surface area contributed by atoms with Crippen molar-refractivity contribution in [3.8, 4) is 10.4 Å². The summed E-state index contributed by atoms with van der Waals surface area (Å²) in [5, 5.41) is 0. The predicted octanol–water partition coefficient (Wildman–Crippen LogP) is 5.30. The van der Waals surface area contributed by atoms with Crippen molar-refractivity contribution in [1.29, 1.82) is 0 Å². The standard InChI is InChI=1S/C20H14O2S2/c1-2-23-20-16(17(21)12-8-4-3-5-9-12)15-18(22)13-10-6-7-11-14(13)19(15)24-20/h3-11H,2H2,1H3. The van der Waals surface area contributed by atoms with Gasteiger partial charge >= 0.3 is 0 Å². The van der Waals surface area contributed by atoms with E-state index in [1.807, 2.05) is 42.5 Å². The molecule has 0 bridgehead atoms. The second-order valence-corrected chi connectivity index (χ2v) is 8.02. The molecule has 1 aliphatic rings. The largest absolute Gasteiger partial charge is 0.289 e. The molecule has 4 rings (SSSR count). The van der Waals surface area contributed by atoms with Gasteiger partial charge in [-0.1, -0.05) is 61.5 Å². The second-order valence-electron chi connectivity index (χ2n) is 5.47. The van der Waals surface area contributed by atoms with E-state index in [1.54, 1.807) is 35.2 Å². The fourth-order valence-corrected chi connectivity index (χ4v) is 5.51. The zero-order valence-corrected chi connectivity index (χ0v) is 14.7. The predicted molar refractivity (Wildman–Crippen MR) is 99.5 cm³/mol. The first-order chi connectivity index (χ1) is 11.7. The van der Waals surface area contributed by atoms with E-state index in [9.17, 15) is 9.59 Å². The molecule has 4 heteroatoms. The summed E-state index contributed by atoms with van der Waals surface area (Å²) in [6, 6.07) is 16.8. The molecule has 0 saturated carbocycles. The number of fused-ring (bicyclic) bond motifs is 3. The first-order valence-corrected chi connectivity index (χ1v) is 9.56. The number of benzene rings is 2. The summed E-state index contributed by atoms with van der Waals surface area (Å²) in [4.78, 5) is 26.9. The molecule has 1 aliphatic carbocycles. The van der Waals surface area contributed by atoms with Crippen molar-refractivity contribution < 1.29 is 9.59 Å². The van der Waals surface area contributed by atoms with Crippen LogP contribution in [0.25, 0.3) is 10.4 Å². The zero-order chi connectivity index (χ0) is 16.7. The van der Waals surface area contributed by atoms with Crippen LogP contribution in [0.3, 0.4) is 0 Å². The summed E-state index contributed by atoms with van der Waals surface area (Å²) in [6.07, 6.45) is 0. The minimum Gasteiger partial charge on any atom is -0.289 e. The number of thioether (sulfide) groups is 1. The van der Waals surface area contributed by atoms with Crippen LogP contribution in [0, 0.1) is 0 Å². The topological polar surface area (TPSA) is 34.1 Å². The molecule has 0 radical (unpaired) electrons. The third kappa shape index (κ3) is 2.26. The number of rotatable bonds is 4. The smallest absolute Gasteiger partial charge is 0.195 e. The Morgan fingerprint density at radius 3 is 2.38 bits per heavy atom. The number of hydrogen-bond acceptors (Lipinski definition) is 4. The molecule has 0 unspecified atom stereocenters. The monoisotopic (exact) mass is 350 g/mol. The van der Waals surface area contributed by atoms with E-state index >= 15 is 0 Å². The maximum absolute atomic E-state index is 13.1. The molecular weight excluding hydrogens is 336 g/mol. The van der Waals surface area contributed by atoms with Gasteiger partial charge in [-0.2, -0.15) is 0 Å². The van der Waals surface area contributed by atoms with Gasteiger partial charge in [0.25, 0.3) is 0 Å². The van der Waals surface area contributed by atoms with Crippen LogP contribution in [0.1, 0.15) is 38.8 Å². The minimum atomic E-state index is -0.0646. The third-order valence-electron chi connectivity index (χ3n) is 4.06. The van der Waals surface area contributed by atoms with Gasteiger partial charge < -0.3 is 0 Å². The summed E-state index contributed by atoms with van der Waals surface area (Å²) in [5.74, 6) is 0.772. The Morgan fingerprint density at radius 2 is 1.67 bits per heavy atom. The molecule has 0 atom stereocenters. The average Bonchev–Trinajstić information content (AvgIpc) is 3.12. The van der Waals surface area contributed by atoms with E-state index < -0.39 is 0 Å². The van der Waals surface area contributed by atoms with E-state index in [0.29, 0.717) is 22.3 Å². The van der Waals surface area contributed by atoms with Crippen LogP contribution < -0.4 is 0 Å². The Labute approximate surface area is 148 Å². The summed E-state index contributed by atoms with van der Waals surface area (Å²) < 4.78 is 0.944. The molecule has 1 aromatic heterocycles. The number of carbonyl (C=O) groups is 2. The van der Waals surface area contributed by atoms with Gasteiger partial charge in [0.2, 0.25) is 0 Å². The highest BCUT2D eigenvalue weighted by molar-refractivity contribution is 8.01. The van der Waals surface area contributed by atoms with Crippen LogP contribution in [0.4, 0.5) is 0 Å². The fourth-order valence-electron chi connectivity index (χ4n) is 3.00. The number of ketones is 2. The molecule has 0 amide bonds. The Balaban J connectivity index is 1.94. The number of carbonyl (C=O) groups excluding carboxylic acids is 2. The third-order valence-corrected chi connectivity index (χ3v) is 6.43. The lowest BCUT2D eigenvalue weighted by Crippen LogP contribution is -2.07. The number of thiophene rings is 1. The van der Waals surface area contributed by atoms with Crippen molar-refractivity contribution in [3.63, 3.8) is 0 Å². The molecule has 0 aliphatic heterocycles. The highest BCUT2D eigenvalue weighted by Crippen LogP contribution is 2.48. The molecule has 24 heavy (non-hydrogen) atoms. The number of hydrogen-bond donors (Lipinski definition) is 0. The SMILES string of the molecule is CCSc1sc2c(c1C(=O)c1ccccc1)C(=O)c1ccccc1-2. The van der Waals surface area contributed by atoms with Crippen LogP contribution in [-0.4, -0.2) is 17.3 Å². The van der Waals surface area contributed by atoms with Crippen LogP contribution in [-0.2, 0) is 0 Å². The molecular formula is C20H14O2S2. The normalized spacial score (nSPS) is 12.1. The van der Waals surface area contributed by atoms with Gasteiger partial charge in [-0.25, -0.2) is 0 Å². The van der Waals surface area contributed by atoms with Gasteiger partial charge in [-0.05, 0) is 5.75 Å². The Kier molecular flexibility index (Phi) is 3.87. The quantitative estimate of drug-likeness (QED) is 0.370. The van der Waals surface area contributed by atoms with Gasteiger partial charge in [0.15, 0.2) is 11.6 Å². The van der Waals surface area contributed by atoms with Gasteiger partial charge in [0, 0.05) is 21.6 Å². The van der Waals surface area contributed by atoms with Crippen molar-refractivity contribution >= 4 is 34.7 Å². The molecule has 118 valence electrons. The Hall–Kier alpha value is -2.17. The van der Waals surface area contributed by atoms with E-state index in [2.05, 4.69) is 6.92 Å². The summed E-state index contributed by atoms with van der Waals surface area (Å²) in [6.45, 7) is 2.06. The van der Waals surface area contributed by atoms with Crippen LogP contribution >= 0.6 is 23.1 Å². The molecule has 0 saturated heterocycles. The molecule has 0 N–H and O–H groups in total. The molecule has 0 spiro atoms. The first kappa shape index (κ1) is 15.4. The van der Waals surface area contributed by atoms with Crippen LogP contribution in [0.2, 0.25) is 0 Å². The van der Waals surface area contributed by atoms with Crippen molar-refractivity contribution in [2.75, 3.05) is 5.75 Å². The maximum atomic E-state index is 13.1. The fraction of sp³-hybridized carbons (Fsp3) is 0.100. The molecule has 2 nitrogen and oxygen atoms in total. The highest BCUT2D eigenvalue weighted by Gasteiger charge is 2.36. The molecule has 0 fully saturated rings. The first-order valence-electron chi connectivity index (χ1n) is 7.75. The summed E-state index contributed by atoms with van der Waals surface area (Å²) in [5.41, 5.74) is 3.45. The summed E-state index contributed by atoms with van der Waals surface area (Å²) in [7, 11) is 0. The second kappa shape index (κ2) is 6.04. The van der Waals surface area contributed by atoms with Gasteiger partial charge in [0.05, 0.1) is 15.3 Å². The Morgan fingerprint density at radius 1 is 1.00 bits per heavy atom. The minimum absolute atomic E-state index is 0.0286. The lowest BCUT2D eigenvalue weighted by atomic mass is 10.00. The molecule has 3 aromatic rings. The molecule has 2 aromatic carbocycles. The lowest BCUT2D eigenvalue weighted by molar-refractivity contribution is 0.100. The van der Waals surface area contributed by atoms with Crippen molar-refractivity contribution in [2.45, 2.75) is 11.1 Å². The van der Waals surface area contributed by atoms with E-state index in [-0.39, 0.29) is 11.6 Å². The van der Waals surface area contributed by atoms with Gasteiger partial charge in [-0.3, -0.25) is 9.59 Å².